The molecule has 16 heteroatoms. The molecule has 1 saturated heterocycles. The number of hydrogen-bond donors (Lipinski definition) is 2. The lowest BCUT2D eigenvalue weighted by molar-refractivity contribution is -0.237. The van der Waals surface area contributed by atoms with Crippen molar-refractivity contribution >= 4 is 47.3 Å². The summed E-state index contributed by atoms with van der Waals surface area (Å²) in [6, 6.07) is 15.4. The van der Waals surface area contributed by atoms with Crippen LogP contribution in [0.1, 0.15) is 51.7 Å². The van der Waals surface area contributed by atoms with Gasteiger partial charge in [-0.1, -0.05) is 48.2 Å². The third kappa shape index (κ3) is 9.22. The molecular formula is C36H38N2O13S. The number of hydrogen-bond acceptors (Lipinski definition) is 16. The Labute approximate surface area is 303 Å². The molecule has 1 unspecified atom stereocenters. The summed E-state index contributed by atoms with van der Waals surface area (Å²) in [6.07, 6.45) is -5.54. The summed E-state index contributed by atoms with van der Waals surface area (Å²) in [5.74, 6) is -5.06. The van der Waals surface area contributed by atoms with Gasteiger partial charge in [-0.15, -0.1) is 0 Å². The highest BCUT2D eigenvalue weighted by Gasteiger charge is 2.53. The van der Waals surface area contributed by atoms with E-state index < -0.39 is 72.2 Å². The standard InChI is InChI=1S/C36H38N2O13S/c1-7-46-35(44)29-28(23-13-14-26(45-6)25(43)15-23)24(16-37)34(38-30(29)22-11-9-8-10-12-22)52-36-33(50-21(5)42)32(49-20(4)41)31(48-19(3)40)27(51-36)17-47-18(2)39/h8-15,27-28,31-33,36,38,43H,7,17H2,1-6H3/t27-,28?,31-,32+,33-,36+/m1/s1. The van der Waals surface area contributed by atoms with Gasteiger partial charge in [0.25, 0.3) is 0 Å². The zero-order valence-corrected chi connectivity index (χ0v) is 30.0. The van der Waals surface area contributed by atoms with E-state index in [0.29, 0.717) is 11.1 Å². The molecule has 0 bridgehead atoms. The first-order chi connectivity index (χ1) is 24.8. The lowest BCUT2D eigenvalue weighted by atomic mass is 9.81. The van der Waals surface area contributed by atoms with E-state index in [-0.39, 0.29) is 40.0 Å². The van der Waals surface area contributed by atoms with Crippen LogP contribution in [0.2, 0.25) is 0 Å². The number of allylic oxidation sites excluding steroid dienone is 1. The Morgan fingerprint density at radius 1 is 0.885 bits per heavy atom. The number of benzene rings is 2. The molecule has 0 radical (unpaired) electrons. The number of dihydropyridines is 1. The number of phenolic OH excluding ortho intramolecular Hbond substituents is 1. The summed E-state index contributed by atoms with van der Waals surface area (Å²) >= 11 is 0.851. The Bertz CT molecular complexity index is 1800. The van der Waals surface area contributed by atoms with Crippen molar-refractivity contribution < 1.29 is 62.2 Å². The van der Waals surface area contributed by atoms with Crippen molar-refractivity contribution in [3.8, 4) is 17.6 Å². The maximum absolute atomic E-state index is 13.8. The van der Waals surface area contributed by atoms with Gasteiger partial charge < -0.3 is 43.6 Å². The predicted octanol–water partition coefficient (Wildman–Crippen LogP) is 3.61. The highest BCUT2D eigenvalue weighted by molar-refractivity contribution is 8.03. The van der Waals surface area contributed by atoms with Gasteiger partial charge in [0.1, 0.15) is 12.7 Å². The molecule has 276 valence electrons. The van der Waals surface area contributed by atoms with E-state index in [9.17, 15) is 34.3 Å². The molecule has 0 aliphatic carbocycles. The second-order valence-electron chi connectivity index (χ2n) is 11.4. The quantitative estimate of drug-likeness (QED) is 0.236. The molecule has 2 aliphatic heterocycles. The minimum Gasteiger partial charge on any atom is -0.504 e. The van der Waals surface area contributed by atoms with Gasteiger partial charge in [-0.3, -0.25) is 19.2 Å². The van der Waals surface area contributed by atoms with Crippen molar-refractivity contribution in [1.82, 2.24) is 5.32 Å². The van der Waals surface area contributed by atoms with Crippen LogP contribution in [0.25, 0.3) is 5.70 Å². The fourth-order valence-corrected chi connectivity index (χ4v) is 6.98. The molecule has 2 aromatic rings. The average molecular weight is 739 g/mol. The van der Waals surface area contributed by atoms with E-state index in [1.165, 1.54) is 19.2 Å². The molecule has 2 heterocycles. The Morgan fingerprint density at radius 3 is 2.08 bits per heavy atom. The van der Waals surface area contributed by atoms with E-state index in [1.54, 1.807) is 43.3 Å². The first kappa shape index (κ1) is 39.3. The highest BCUT2D eigenvalue weighted by atomic mass is 32.2. The van der Waals surface area contributed by atoms with Gasteiger partial charge in [-0.2, -0.15) is 5.26 Å². The highest BCUT2D eigenvalue weighted by Crippen LogP contribution is 2.47. The monoisotopic (exact) mass is 738 g/mol. The topological polar surface area (TPSA) is 206 Å². The summed E-state index contributed by atoms with van der Waals surface area (Å²) < 4.78 is 38.9. The number of thioether (sulfide) groups is 1. The molecule has 0 amide bonds. The fraction of sp³-hybridized carbons (Fsp3) is 0.389. The zero-order valence-electron chi connectivity index (χ0n) is 29.2. The molecule has 4 rings (SSSR count). The van der Waals surface area contributed by atoms with E-state index in [0.717, 1.165) is 39.5 Å². The van der Waals surface area contributed by atoms with Gasteiger partial charge in [-0.25, -0.2) is 4.79 Å². The van der Waals surface area contributed by atoms with Crippen LogP contribution in [0.4, 0.5) is 0 Å². The second-order valence-corrected chi connectivity index (χ2v) is 12.5. The van der Waals surface area contributed by atoms with Crippen LogP contribution in [0.3, 0.4) is 0 Å². The molecule has 1 fully saturated rings. The van der Waals surface area contributed by atoms with E-state index in [2.05, 4.69) is 11.4 Å². The lowest BCUT2D eigenvalue weighted by Gasteiger charge is -2.44. The number of ether oxygens (including phenoxy) is 7. The Morgan fingerprint density at radius 2 is 1.52 bits per heavy atom. The Kier molecular flexibility index (Phi) is 13.3. The molecular weight excluding hydrogens is 700 g/mol. The molecule has 0 aromatic heterocycles. The minimum absolute atomic E-state index is 0.0168. The van der Waals surface area contributed by atoms with Gasteiger partial charge in [0.2, 0.25) is 0 Å². The number of rotatable bonds is 12. The Hall–Kier alpha value is -5.53. The first-order valence-corrected chi connectivity index (χ1v) is 16.9. The van der Waals surface area contributed by atoms with Gasteiger partial charge in [0.05, 0.1) is 47.6 Å². The molecule has 2 aliphatic rings. The van der Waals surface area contributed by atoms with Crippen molar-refractivity contribution in [2.75, 3.05) is 20.3 Å². The van der Waals surface area contributed by atoms with Crippen molar-refractivity contribution in [2.45, 2.75) is 70.4 Å². The molecule has 52 heavy (non-hydrogen) atoms. The number of phenols is 1. The van der Waals surface area contributed by atoms with Crippen LogP contribution in [0.5, 0.6) is 11.5 Å². The van der Waals surface area contributed by atoms with Crippen LogP contribution in [-0.2, 0) is 52.4 Å². The van der Waals surface area contributed by atoms with Crippen LogP contribution in [0, 0.1) is 11.3 Å². The van der Waals surface area contributed by atoms with Crippen LogP contribution < -0.4 is 10.1 Å². The van der Waals surface area contributed by atoms with Gasteiger partial charge in [0.15, 0.2) is 35.2 Å². The largest absolute Gasteiger partial charge is 0.504 e. The number of nitrogens with zero attached hydrogens (tertiary/aromatic N) is 1. The smallest absolute Gasteiger partial charge is 0.337 e. The average Bonchev–Trinajstić information content (AvgIpc) is 3.09. The van der Waals surface area contributed by atoms with Crippen molar-refractivity contribution in [1.29, 1.82) is 5.26 Å². The SMILES string of the molecule is CCOC(=O)C1=C(c2ccccc2)NC(S[C@@H]2O[C@H](COC(C)=O)[C@@H](OC(C)=O)[C@H](OC(C)=O)[C@H]2OC(C)=O)=C(C#N)C1c1ccc(OC)c(O)c1. The van der Waals surface area contributed by atoms with Gasteiger partial charge >= 0.3 is 29.8 Å². The first-order valence-electron chi connectivity index (χ1n) is 16.0. The number of carbonyl (C=O) groups excluding carboxylic acids is 5. The summed E-state index contributed by atoms with van der Waals surface area (Å²) in [6.45, 7) is 5.69. The van der Waals surface area contributed by atoms with Crippen LogP contribution >= 0.6 is 11.8 Å². The normalized spacial score (nSPS) is 22.6. The molecule has 2 N–H and O–H groups in total. The summed E-state index contributed by atoms with van der Waals surface area (Å²) in [7, 11) is 1.37. The molecule has 15 nitrogen and oxygen atoms in total. The number of esters is 5. The number of carbonyl (C=O) groups is 5. The minimum atomic E-state index is -1.46. The number of nitriles is 1. The molecule has 0 saturated carbocycles. The zero-order chi connectivity index (χ0) is 38.1. The lowest BCUT2D eigenvalue weighted by Crippen LogP contribution is -2.61. The Balaban J connectivity index is 1.95. The van der Waals surface area contributed by atoms with Crippen molar-refractivity contribution in [3.63, 3.8) is 0 Å². The molecule has 2 aromatic carbocycles. The summed E-state index contributed by atoms with van der Waals surface area (Å²) in [5.41, 5.74) is -0.160. The number of nitrogens with one attached hydrogen (secondary N) is 1. The third-order valence-electron chi connectivity index (χ3n) is 7.73. The van der Waals surface area contributed by atoms with Crippen LogP contribution in [-0.4, -0.2) is 85.1 Å². The number of methoxy groups -OCH3 is 1. The molecule has 6 atom stereocenters. The van der Waals surface area contributed by atoms with Crippen LogP contribution in [0.15, 0.2) is 64.7 Å². The van der Waals surface area contributed by atoms with Crippen molar-refractivity contribution in [2.24, 2.45) is 0 Å². The second kappa shape index (κ2) is 17.6. The van der Waals surface area contributed by atoms with E-state index in [4.69, 9.17) is 33.2 Å². The summed E-state index contributed by atoms with van der Waals surface area (Å²) in [5, 5.41) is 24.9. The van der Waals surface area contributed by atoms with Gasteiger partial charge in [0, 0.05) is 27.7 Å². The van der Waals surface area contributed by atoms with Crippen molar-refractivity contribution in [3.05, 3.63) is 75.8 Å². The fourth-order valence-electron chi connectivity index (χ4n) is 5.76. The summed E-state index contributed by atoms with van der Waals surface area (Å²) in [4.78, 5) is 62.7. The predicted molar refractivity (Wildman–Crippen MR) is 183 cm³/mol. The maximum Gasteiger partial charge on any atom is 0.337 e. The van der Waals surface area contributed by atoms with E-state index >= 15 is 0 Å². The van der Waals surface area contributed by atoms with E-state index in [1.807, 2.05) is 0 Å². The number of aromatic hydroxyl groups is 1. The maximum atomic E-state index is 13.8. The molecule has 0 spiro atoms. The van der Waals surface area contributed by atoms with Gasteiger partial charge in [-0.05, 0) is 30.2 Å². The third-order valence-corrected chi connectivity index (χ3v) is 8.90.